The van der Waals surface area contributed by atoms with Crippen LogP contribution >= 0.6 is 0 Å². The zero-order valence-corrected chi connectivity index (χ0v) is 11.7. The minimum atomic E-state index is -0.861. The summed E-state index contributed by atoms with van der Waals surface area (Å²) in [5, 5.41) is 21.5. The van der Waals surface area contributed by atoms with Crippen LogP contribution in [0.15, 0.2) is 11.1 Å². The van der Waals surface area contributed by atoms with Crippen LogP contribution in [-0.4, -0.2) is 54.5 Å². The van der Waals surface area contributed by atoms with Crippen molar-refractivity contribution in [1.29, 1.82) is 0 Å². The lowest BCUT2D eigenvalue weighted by Gasteiger charge is -2.16. The summed E-state index contributed by atoms with van der Waals surface area (Å²) in [6.45, 7) is 1.07. The van der Waals surface area contributed by atoms with Crippen LogP contribution in [0.5, 0.6) is 0 Å². The molecule has 1 aliphatic rings. The van der Waals surface area contributed by atoms with E-state index in [-0.39, 0.29) is 36.0 Å². The zero-order chi connectivity index (χ0) is 15.9. The Morgan fingerprint density at radius 1 is 1.64 bits per heavy atom. The van der Waals surface area contributed by atoms with E-state index in [9.17, 15) is 14.7 Å². The molecule has 118 valence electrons. The summed E-state index contributed by atoms with van der Waals surface area (Å²) in [7, 11) is 0. The number of hydrogen-bond donors (Lipinski definition) is 4. The number of aromatic nitrogens is 4. The van der Waals surface area contributed by atoms with Gasteiger partial charge in [-0.25, -0.2) is 4.98 Å². The molecule has 3 heterocycles. The largest absolute Gasteiger partial charge is 0.394 e. The summed E-state index contributed by atoms with van der Waals surface area (Å²) in [5.74, 6) is -0.399. The third-order valence-corrected chi connectivity index (χ3v) is 3.37. The molecule has 10 heteroatoms. The average Bonchev–Trinajstić information content (AvgIpc) is 3.01. The van der Waals surface area contributed by atoms with Crippen LogP contribution in [0.3, 0.4) is 0 Å². The Balaban J connectivity index is 2.05. The van der Waals surface area contributed by atoms with Gasteiger partial charge in [0.05, 0.1) is 19.0 Å². The Hall–Kier alpha value is -2.30. The van der Waals surface area contributed by atoms with Crippen molar-refractivity contribution in [1.82, 2.24) is 19.5 Å². The van der Waals surface area contributed by atoms with Gasteiger partial charge in [0.25, 0.3) is 5.56 Å². The van der Waals surface area contributed by atoms with Crippen molar-refractivity contribution < 1.29 is 19.7 Å². The van der Waals surface area contributed by atoms with Gasteiger partial charge in [0, 0.05) is 13.3 Å². The van der Waals surface area contributed by atoms with Gasteiger partial charge in [-0.05, 0) is 0 Å². The Morgan fingerprint density at radius 3 is 3.05 bits per heavy atom. The minimum Gasteiger partial charge on any atom is -0.394 e. The molecule has 1 aliphatic heterocycles. The van der Waals surface area contributed by atoms with Crippen LogP contribution in [0.2, 0.25) is 0 Å². The van der Waals surface area contributed by atoms with Crippen LogP contribution in [0.25, 0.3) is 11.2 Å². The fraction of sp³-hybridized carbons (Fsp3) is 0.500. The molecular weight excluding hydrogens is 294 g/mol. The number of carbonyl (C=O) groups is 1. The van der Waals surface area contributed by atoms with E-state index in [1.165, 1.54) is 17.8 Å². The van der Waals surface area contributed by atoms with Crippen molar-refractivity contribution >= 4 is 23.0 Å². The molecule has 22 heavy (non-hydrogen) atoms. The number of H-pyrrole nitrogens is 1. The molecule has 0 unspecified atom stereocenters. The first-order valence-corrected chi connectivity index (χ1v) is 6.68. The Morgan fingerprint density at radius 2 is 2.41 bits per heavy atom. The van der Waals surface area contributed by atoms with Gasteiger partial charge >= 0.3 is 0 Å². The topological polar surface area (TPSA) is 142 Å². The fourth-order valence-corrected chi connectivity index (χ4v) is 2.44. The van der Waals surface area contributed by atoms with E-state index in [1.807, 2.05) is 0 Å². The molecule has 1 fully saturated rings. The molecule has 0 spiro atoms. The van der Waals surface area contributed by atoms with Crippen LogP contribution in [0.4, 0.5) is 5.95 Å². The van der Waals surface area contributed by atoms with Crippen LogP contribution in [0.1, 0.15) is 19.6 Å². The number of anilines is 1. The predicted molar refractivity (Wildman–Crippen MR) is 74.1 cm³/mol. The Labute approximate surface area is 123 Å². The number of nitrogens with one attached hydrogen (secondary N) is 2. The van der Waals surface area contributed by atoms with E-state index < -0.39 is 24.0 Å². The summed E-state index contributed by atoms with van der Waals surface area (Å²) >= 11 is 0. The van der Waals surface area contributed by atoms with Crippen molar-refractivity contribution in [3.63, 3.8) is 0 Å². The summed E-state index contributed by atoms with van der Waals surface area (Å²) in [4.78, 5) is 33.5. The highest BCUT2D eigenvalue weighted by molar-refractivity contribution is 5.87. The molecule has 3 atom stereocenters. The second-order valence-corrected chi connectivity index (χ2v) is 5.05. The van der Waals surface area contributed by atoms with Gasteiger partial charge < -0.3 is 14.9 Å². The third kappa shape index (κ3) is 2.47. The number of carbonyl (C=O) groups excluding carboxylic acids is 1. The number of nitrogens with zero attached hydrogens (tertiary/aromatic N) is 3. The van der Waals surface area contributed by atoms with Crippen molar-refractivity contribution in [2.75, 3.05) is 11.9 Å². The van der Waals surface area contributed by atoms with Gasteiger partial charge in [-0.3, -0.25) is 24.5 Å². The number of hydrogen-bond acceptors (Lipinski definition) is 7. The van der Waals surface area contributed by atoms with Gasteiger partial charge in [0.2, 0.25) is 11.9 Å². The molecule has 0 aromatic carbocycles. The highest BCUT2D eigenvalue weighted by Crippen LogP contribution is 2.30. The van der Waals surface area contributed by atoms with Gasteiger partial charge in [-0.2, -0.15) is 4.98 Å². The molecule has 0 saturated carbocycles. The number of aromatic amines is 1. The summed E-state index contributed by atoms with van der Waals surface area (Å²) in [6, 6.07) is 0. The van der Waals surface area contributed by atoms with Crippen LogP contribution < -0.4 is 10.9 Å². The minimum absolute atomic E-state index is 0.0158. The Kier molecular flexibility index (Phi) is 3.64. The lowest BCUT2D eigenvalue weighted by Crippen LogP contribution is -2.21. The molecule has 1 amide bonds. The molecule has 2 aromatic heterocycles. The number of ether oxygens (including phenoxy) is 1. The maximum Gasteiger partial charge on any atom is 0.280 e. The summed E-state index contributed by atoms with van der Waals surface area (Å²) < 4.78 is 6.93. The maximum absolute atomic E-state index is 11.9. The van der Waals surface area contributed by atoms with Crippen LogP contribution in [-0.2, 0) is 9.53 Å². The lowest BCUT2D eigenvalue weighted by molar-refractivity contribution is -0.114. The molecule has 1 saturated heterocycles. The summed E-state index contributed by atoms with van der Waals surface area (Å²) in [6.07, 6.45) is -0.559. The van der Waals surface area contributed by atoms with E-state index in [0.29, 0.717) is 0 Å². The van der Waals surface area contributed by atoms with Gasteiger partial charge in [-0.1, -0.05) is 0 Å². The first-order valence-electron chi connectivity index (χ1n) is 6.68. The second-order valence-electron chi connectivity index (χ2n) is 5.05. The molecule has 0 aliphatic carbocycles. The maximum atomic E-state index is 11.9. The number of aliphatic hydroxyl groups is 2. The Bertz CT molecular complexity index is 769. The molecule has 3 rings (SSSR count). The number of rotatable bonds is 3. The lowest BCUT2D eigenvalue weighted by atomic mass is 10.2. The molecular formula is C12H15N5O5. The average molecular weight is 309 g/mol. The number of aliphatic hydroxyl groups excluding tert-OH is 2. The van der Waals surface area contributed by atoms with E-state index in [1.54, 1.807) is 0 Å². The monoisotopic (exact) mass is 309 g/mol. The number of fused-ring (bicyclic) bond motifs is 1. The van der Waals surface area contributed by atoms with Crippen molar-refractivity contribution in [2.24, 2.45) is 0 Å². The molecule has 0 bridgehead atoms. The SMILES string of the molecule is CC(=O)Nc1nc2c(ncn2[C@@H]2O[C@H](CO)C[C@H]2O)c(=O)[nH]1. The molecule has 4 N–H and O–H groups in total. The van der Waals surface area contributed by atoms with Crippen LogP contribution in [0, 0.1) is 0 Å². The highest BCUT2D eigenvalue weighted by Gasteiger charge is 2.36. The van der Waals surface area contributed by atoms with Crippen molar-refractivity contribution in [2.45, 2.75) is 31.8 Å². The normalized spacial score (nSPS) is 24.8. The van der Waals surface area contributed by atoms with E-state index >= 15 is 0 Å². The predicted octanol–water partition coefficient (Wildman–Crippen LogP) is -1.28. The van der Waals surface area contributed by atoms with Gasteiger partial charge in [0.1, 0.15) is 6.10 Å². The first kappa shape index (κ1) is 14.6. The van der Waals surface area contributed by atoms with Crippen molar-refractivity contribution in [3.8, 4) is 0 Å². The zero-order valence-electron chi connectivity index (χ0n) is 11.7. The quantitative estimate of drug-likeness (QED) is 0.553. The van der Waals surface area contributed by atoms with Gasteiger partial charge in [-0.15, -0.1) is 0 Å². The number of amides is 1. The highest BCUT2D eigenvalue weighted by atomic mass is 16.5. The smallest absolute Gasteiger partial charge is 0.280 e. The summed E-state index contributed by atoms with van der Waals surface area (Å²) in [5.41, 5.74) is -0.272. The van der Waals surface area contributed by atoms with Crippen molar-refractivity contribution in [3.05, 3.63) is 16.7 Å². The van der Waals surface area contributed by atoms with E-state index in [0.717, 1.165) is 0 Å². The van der Waals surface area contributed by atoms with E-state index in [2.05, 4.69) is 20.3 Å². The number of imidazole rings is 1. The second kappa shape index (κ2) is 5.48. The fourth-order valence-electron chi connectivity index (χ4n) is 2.44. The first-order chi connectivity index (χ1) is 10.5. The van der Waals surface area contributed by atoms with Gasteiger partial charge in [0.15, 0.2) is 17.4 Å². The standard InChI is InChI=1S/C12H15N5O5/c1-5(19)14-12-15-9-8(10(21)16-12)13-4-17(9)11-7(20)2-6(3-18)22-11/h4,6-7,11,18,20H,2-3H2,1H3,(H2,14,15,16,19,21)/t6-,7+,11+/m0/s1. The molecule has 0 radical (unpaired) electrons. The third-order valence-electron chi connectivity index (χ3n) is 3.37. The van der Waals surface area contributed by atoms with E-state index in [4.69, 9.17) is 9.84 Å². The molecule has 10 nitrogen and oxygen atoms in total. The molecule has 2 aromatic rings.